The molecular weight excluding hydrogens is 406 g/mol. The number of nitrogens with zero attached hydrogens (tertiary/aromatic N) is 2. The highest BCUT2D eigenvalue weighted by Crippen LogP contribution is 2.35. The van der Waals surface area contributed by atoms with Gasteiger partial charge in [-0.1, -0.05) is 24.3 Å². The van der Waals surface area contributed by atoms with Gasteiger partial charge in [-0.15, -0.1) is 11.3 Å². The Kier molecular flexibility index (Phi) is 7.12. The number of carbonyl (C=O) groups is 1. The standard InChI is InChI=1S/C25H35N3O2S/c1-17(2)27-11-8-19(9-12-27)18-4-6-20(7-5-18)23-14-21(16-30-3)24(31-23)25(29)28-13-10-22(26)15-28/h4-7,14,17,19,22H,8-13,15-16,26H2,1-3H3/t22-/m0/s1. The van der Waals surface area contributed by atoms with Crippen LogP contribution in [0.5, 0.6) is 0 Å². The zero-order chi connectivity index (χ0) is 22.0. The zero-order valence-electron chi connectivity index (χ0n) is 19.0. The van der Waals surface area contributed by atoms with Gasteiger partial charge in [0.25, 0.3) is 5.91 Å². The minimum atomic E-state index is 0.0878. The summed E-state index contributed by atoms with van der Waals surface area (Å²) in [7, 11) is 1.68. The van der Waals surface area contributed by atoms with Crippen LogP contribution >= 0.6 is 11.3 Å². The number of carbonyl (C=O) groups excluding carboxylic acids is 1. The van der Waals surface area contributed by atoms with Crippen LogP contribution in [0.1, 0.15) is 59.8 Å². The third kappa shape index (κ3) is 5.03. The maximum Gasteiger partial charge on any atom is 0.264 e. The SMILES string of the molecule is COCc1cc(-c2ccc(C3CCN(C(C)C)CC3)cc2)sc1C(=O)N1CC[C@H](N)C1. The van der Waals surface area contributed by atoms with Crippen molar-refractivity contribution in [2.75, 3.05) is 33.3 Å². The Bertz CT molecular complexity index is 885. The molecule has 2 fully saturated rings. The first kappa shape index (κ1) is 22.5. The largest absolute Gasteiger partial charge is 0.380 e. The molecule has 2 aliphatic rings. The third-order valence-corrected chi connectivity index (χ3v) is 7.96. The number of piperidine rings is 1. The van der Waals surface area contributed by atoms with E-state index in [0.29, 0.717) is 25.1 Å². The summed E-state index contributed by atoms with van der Waals surface area (Å²) in [6.07, 6.45) is 3.33. The fourth-order valence-corrected chi connectivity index (χ4v) is 5.94. The van der Waals surface area contributed by atoms with Crippen LogP contribution < -0.4 is 5.73 Å². The molecule has 1 amide bonds. The van der Waals surface area contributed by atoms with Crippen LogP contribution in [0.3, 0.4) is 0 Å². The molecule has 2 aromatic rings. The van der Waals surface area contributed by atoms with Crippen molar-refractivity contribution in [3.05, 3.63) is 46.3 Å². The van der Waals surface area contributed by atoms with Crippen LogP contribution in [0.25, 0.3) is 10.4 Å². The molecule has 6 heteroatoms. The van der Waals surface area contributed by atoms with Crippen LogP contribution in [-0.4, -0.2) is 61.1 Å². The van der Waals surface area contributed by atoms with Gasteiger partial charge in [-0.3, -0.25) is 4.79 Å². The van der Waals surface area contributed by atoms with Crippen molar-refractivity contribution < 1.29 is 9.53 Å². The van der Waals surface area contributed by atoms with E-state index in [1.54, 1.807) is 18.4 Å². The summed E-state index contributed by atoms with van der Waals surface area (Å²) in [6.45, 7) is 8.76. The number of hydrogen-bond donors (Lipinski definition) is 1. The zero-order valence-corrected chi connectivity index (χ0v) is 19.8. The Morgan fingerprint density at radius 3 is 2.45 bits per heavy atom. The fourth-order valence-electron chi connectivity index (χ4n) is 4.80. The van der Waals surface area contributed by atoms with E-state index in [1.165, 1.54) is 37.1 Å². The van der Waals surface area contributed by atoms with Gasteiger partial charge in [0.15, 0.2) is 0 Å². The van der Waals surface area contributed by atoms with Gasteiger partial charge in [0.2, 0.25) is 0 Å². The van der Waals surface area contributed by atoms with Gasteiger partial charge in [-0.2, -0.15) is 0 Å². The first-order chi connectivity index (χ1) is 15.0. The summed E-state index contributed by atoms with van der Waals surface area (Å²) in [4.78, 5) is 19.5. The number of likely N-dealkylation sites (tertiary alicyclic amines) is 2. The first-order valence-electron chi connectivity index (χ1n) is 11.5. The predicted molar refractivity (Wildman–Crippen MR) is 128 cm³/mol. The average molecular weight is 442 g/mol. The van der Waals surface area contributed by atoms with Crippen molar-refractivity contribution in [2.24, 2.45) is 5.73 Å². The summed E-state index contributed by atoms with van der Waals surface area (Å²) >= 11 is 1.57. The summed E-state index contributed by atoms with van der Waals surface area (Å²) in [5.74, 6) is 0.734. The minimum Gasteiger partial charge on any atom is -0.380 e. The summed E-state index contributed by atoms with van der Waals surface area (Å²) in [6, 6.07) is 11.8. The number of hydrogen-bond acceptors (Lipinski definition) is 5. The van der Waals surface area contributed by atoms with E-state index in [-0.39, 0.29) is 11.9 Å². The predicted octanol–water partition coefficient (Wildman–Crippen LogP) is 4.32. The Hall–Kier alpha value is -1.73. The van der Waals surface area contributed by atoms with Crippen molar-refractivity contribution in [3.63, 3.8) is 0 Å². The van der Waals surface area contributed by atoms with E-state index >= 15 is 0 Å². The Labute approximate surface area is 190 Å². The van der Waals surface area contributed by atoms with E-state index in [4.69, 9.17) is 10.5 Å². The molecule has 2 N–H and O–H groups in total. The highest BCUT2D eigenvalue weighted by molar-refractivity contribution is 7.17. The van der Waals surface area contributed by atoms with Crippen molar-refractivity contribution in [2.45, 2.75) is 57.7 Å². The number of methoxy groups -OCH3 is 1. The van der Waals surface area contributed by atoms with Crippen molar-refractivity contribution in [3.8, 4) is 10.4 Å². The molecule has 1 aromatic carbocycles. The highest BCUT2D eigenvalue weighted by atomic mass is 32.1. The molecule has 0 saturated carbocycles. The molecule has 0 radical (unpaired) electrons. The molecule has 0 spiro atoms. The quantitative estimate of drug-likeness (QED) is 0.725. The van der Waals surface area contributed by atoms with E-state index in [2.05, 4.69) is 49.1 Å². The molecule has 168 valence electrons. The minimum absolute atomic E-state index is 0.0878. The van der Waals surface area contributed by atoms with Gasteiger partial charge >= 0.3 is 0 Å². The second-order valence-electron chi connectivity index (χ2n) is 9.22. The second kappa shape index (κ2) is 9.82. The van der Waals surface area contributed by atoms with Gasteiger partial charge in [0.05, 0.1) is 11.5 Å². The molecule has 1 aromatic heterocycles. The topological polar surface area (TPSA) is 58.8 Å². The molecule has 31 heavy (non-hydrogen) atoms. The number of benzene rings is 1. The molecule has 3 heterocycles. The van der Waals surface area contributed by atoms with Gasteiger partial charge < -0.3 is 20.3 Å². The monoisotopic (exact) mass is 441 g/mol. The van der Waals surface area contributed by atoms with Crippen LogP contribution in [0.2, 0.25) is 0 Å². The number of amides is 1. The van der Waals surface area contributed by atoms with Crippen LogP contribution in [-0.2, 0) is 11.3 Å². The lowest BCUT2D eigenvalue weighted by molar-refractivity contribution is 0.0791. The molecule has 2 aliphatic heterocycles. The molecule has 1 atom stereocenters. The Balaban J connectivity index is 1.50. The summed E-state index contributed by atoms with van der Waals surface area (Å²) in [5.41, 5.74) is 9.59. The van der Waals surface area contributed by atoms with Gasteiger partial charge in [0.1, 0.15) is 0 Å². The number of ether oxygens (including phenoxy) is 1. The maximum atomic E-state index is 13.1. The molecule has 4 rings (SSSR count). The highest BCUT2D eigenvalue weighted by Gasteiger charge is 2.28. The lowest BCUT2D eigenvalue weighted by Gasteiger charge is -2.34. The number of rotatable bonds is 6. The van der Waals surface area contributed by atoms with Gasteiger partial charge in [0, 0.05) is 42.7 Å². The lowest BCUT2D eigenvalue weighted by Crippen LogP contribution is -2.37. The van der Waals surface area contributed by atoms with E-state index in [0.717, 1.165) is 28.3 Å². The normalized spacial score (nSPS) is 20.7. The van der Waals surface area contributed by atoms with Gasteiger partial charge in [-0.05, 0) is 69.3 Å². The van der Waals surface area contributed by atoms with Crippen LogP contribution in [0.15, 0.2) is 30.3 Å². The van der Waals surface area contributed by atoms with Crippen molar-refractivity contribution >= 4 is 17.2 Å². The Morgan fingerprint density at radius 2 is 1.87 bits per heavy atom. The van der Waals surface area contributed by atoms with Crippen LogP contribution in [0.4, 0.5) is 0 Å². The molecule has 0 aliphatic carbocycles. The smallest absolute Gasteiger partial charge is 0.264 e. The lowest BCUT2D eigenvalue weighted by atomic mass is 9.88. The molecule has 0 unspecified atom stereocenters. The number of nitrogens with two attached hydrogens (primary N) is 1. The summed E-state index contributed by atoms with van der Waals surface area (Å²) < 4.78 is 5.38. The maximum absolute atomic E-state index is 13.1. The van der Waals surface area contributed by atoms with E-state index in [9.17, 15) is 4.79 Å². The molecule has 2 saturated heterocycles. The fraction of sp³-hybridized carbons (Fsp3) is 0.560. The van der Waals surface area contributed by atoms with Crippen molar-refractivity contribution in [1.82, 2.24) is 9.80 Å². The molecular formula is C25H35N3O2S. The van der Waals surface area contributed by atoms with E-state index < -0.39 is 0 Å². The molecule has 0 bridgehead atoms. The second-order valence-corrected chi connectivity index (χ2v) is 10.3. The van der Waals surface area contributed by atoms with Crippen molar-refractivity contribution in [1.29, 1.82) is 0 Å². The first-order valence-corrected chi connectivity index (χ1v) is 12.3. The van der Waals surface area contributed by atoms with Crippen LogP contribution in [0, 0.1) is 0 Å². The number of thiophene rings is 1. The van der Waals surface area contributed by atoms with Gasteiger partial charge in [-0.25, -0.2) is 0 Å². The Morgan fingerprint density at radius 1 is 1.16 bits per heavy atom. The van der Waals surface area contributed by atoms with E-state index in [1.807, 2.05) is 4.90 Å². The molecule has 5 nitrogen and oxygen atoms in total. The average Bonchev–Trinajstić information content (AvgIpc) is 3.40. The third-order valence-electron chi connectivity index (χ3n) is 6.74. The summed E-state index contributed by atoms with van der Waals surface area (Å²) in [5, 5.41) is 0.